The number of hydrogen-bond donors (Lipinski definition) is 2. The molecule has 0 aliphatic carbocycles. The van der Waals surface area contributed by atoms with Crippen LogP contribution in [0.1, 0.15) is 46.8 Å². The zero-order valence-electron chi connectivity index (χ0n) is 11.5. The van der Waals surface area contributed by atoms with Crippen molar-refractivity contribution in [2.45, 2.75) is 38.8 Å². The number of hydrogen-bond acceptors (Lipinski definition) is 5. The summed E-state index contributed by atoms with van der Waals surface area (Å²) in [6.07, 6.45) is 3.62. The molecule has 2 heterocycles. The van der Waals surface area contributed by atoms with Gasteiger partial charge in [0.15, 0.2) is 0 Å². The monoisotopic (exact) mass is 294 g/mol. The highest BCUT2D eigenvalue weighted by molar-refractivity contribution is 7.13. The molecule has 0 spiro atoms. The highest BCUT2D eigenvalue weighted by Gasteiger charge is 2.18. The van der Waals surface area contributed by atoms with Gasteiger partial charge in [-0.25, -0.2) is 4.98 Å². The molecule has 0 aromatic carbocycles. The number of thiazole rings is 1. The predicted octanol–water partition coefficient (Wildman–Crippen LogP) is 2.54. The third-order valence-electron chi connectivity index (χ3n) is 2.91. The van der Waals surface area contributed by atoms with Crippen LogP contribution in [0, 0.1) is 0 Å². The van der Waals surface area contributed by atoms with Gasteiger partial charge in [0.2, 0.25) is 0 Å². The van der Waals surface area contributed by atoms with E-state index in [1.54, 1.807) is 18.3 Å². The van der Waals surface area contributed by atoms with E-state index >= 15 is 0 Å². The van der Waals surface area contributed by atoms with E-state index in [9.17, 15) is 9.90 Å². The number of aromatic nitrogens is 1. The molecule has 6 heteroatoms. The van der Waals surface area contributed by atoms with Crippen LogP contribution in [-0.4, -0.2) is 22.0 Å². The molecule has 0 radical (unpaired) electrons. The van der Waals surface area contributed by atoms with Gasteiger partial charge in [-0.05, 0) is 25.5 Å². The fraction of sp³-hybridized carbons (Fsp3) is 0.429. The Hall–Kier alpha value is -1.66. The minimum Gasteiger partial charge on any atom is -0.467 e. The molecular formula is C14H18N2O3S. The van der Waals surface area contributed by atoms with E-state index in [-0.39, 0.29) is 11.9 Å². The predicted molar refractivity (Wildman–Crippen MR) is 76.7 cm³/mol. The minimum absolute atomic E-state index is 0.152. The van der Waals surface area contributed by atoms with E-state index in [4.69, 9.17) is 4.42 Å². The highest BCUT2D eigenvalue weighted by atomic mass is 32.1. The van der Waals surface area contributed by atoms with Crippen LogP contribution in [0.25, 0.3) is 0 Å². The molecule has 5 nitrogen and oxygen atoms in total. The number of carbonyl (C=O) groups excluding carboxylic acids is 1. The maximum atomic E-state index is 12.0. The Morgan fingerprint density at radius 3 is 3.00 bits per heavy atom. The highest BCUT2D eigenvalue weighted by Crippen LogP contribution is 2.19. The van der Waals surface area contributed by atoms with Crippen molar-refractivity contribution in [1.29, 1.82) is 0 Å². The molecule has 0 saturated carbocycles. The number of aliphatic hydroxyl groups is 1. The zero-order chi connectivity index (χ0) is 14.5. The molecule has 2 aromatic heterocycles. The van der Waals surface area contributed by atoms with E-state index in [1.807, 2.05) is 13.8 Å². The Labute approximate surface area is 121 Å². The minimum atomic E-state index is -0.715. The number of nitrogens with zero attached hydrogens (tertiary/aromatic N) is 1. The quantitative estimate of drug-likeness (QED) is 0.858. The van der Waals surface area contributed by atoms with Gasteiger partial charge in [0.25, 0.3) is 5.91 Å². The fourth-order valence-electron chi connectivity index (χ4n) is 1.86. The van der Waals surface area contributed by atoms with Crippen molar-refractivity contribution < 1.29 is 14.3 Å². The number of aliphatic hydroxyl groups excluding tert-OH is 1. The van der Waals surface area contributed by atoms with Crippen LogP contribution in [0.2, 0.25) is 0 Å². The molecule has 2 aromatic rings. The van der Waals surface area contributed by atoms with Crippen LogP contribution in [0.3, 0.4) is 0 Å². The Kier molecular flexibility index (Phi) is 4.92. The summed E-state index contributed by atoms with van der Waals surface area (Å²) in [6, 6.07) is 3.29. The van der Waals surface area contributed by atoms with Crippen molar-refractivity contribution in [3.05, 3.63) is 40.2 Å². The van der Waals surface area contributed by atoms with Gasteiger partial charge in [0, 0.05) is 12.5 Å². The van der Waals surface area contributed by atoms with Crippen LogP contribution in [0.5, 0.6) is 0 Å². The summed E-state index contributed by atoms with van der Waals surface area (Å²) in [5, 5.41) is 13.7. The number of furan rings is 1. The molecule has 2 atom stereocenters. The van der Waals surface area contributed by atoms with E-state index in [0.717, 1.165) is 11.4 Å². The summed E-state index contributed by atoms with van der Waals surface area (Å²) < 4.78 is 5.13. The van der Waals surface area contributed by atoms with Crippen LogP contribution in [0.4, 0.5) is 0 Å². The summed E-state index contributed by atoms with van der Waals surface area (Å²) in [4.78, 5) is 16.8. The van der Waals surface area contributed by atoms with Gasteiger partial charge >= 0.3 is 0 Å². The maximum absolute atomic E-state index is 12.0. The lowest BCUT2D eigenvalue weighted by molar-refractivity contribution is 0.0907. The molecule has 2 rings (SSSR count). The first-order valence-corrected chi connectivity index (χ1v) is 7.38. The second kappa shape index (κ2) is 6.67. The topological polar surface area (TPSA) is 75.4 Å². The summed E-state index contributed by atoms with van der Waals surface area (Å²) in [5.41, 5.74) is 0. The molecule has 20 heavy (non-hydrogen) atoms. The number of carbonyl (C=O) groups is 1. The second-order valence-corrected chi connectivity index (χ2v) is 5.73. The fourth-order valence-corrected chi connectivity index (χ4v) is 2.63. The lowest BCUT2D eigenvalue weighted by Crippen LogP contribution is -2.33. The maximum Gasteiger partial charge on any atom is 0.263 e. The zero-order valence-corrected chi connectivity index (χ0v) is 12.3. The first-order valence-electron chi connectivity index (χ1n) is 6.57. The third-order valence-corrected chi connectivity index (χ3v) is 4.05. The molecule has 0 bridgehead atoms. The number of amides is 1. The van der Waals surface area contributed by atoms with Gasteiger partial charge in [0.1, 0.15) is 16.7 Å². The van der Waals surface area contributed by atoms with Gasteiger partial charge in [-0.3, -0.25) is 4.79 Å². The SMILES string of the molecule is CCc1ncc(C(=O)NC(C)CC(O)c2ccco2)s1. The Bertz CT molecular complexity index is 551. The normalized spacial score (nSPS) is 13.9. The molecular weight excluding hydrogens is 276 g/mol. The summed E-state index contributed by atoms with van der Waals surface area (Å²) >= 11 is 1.40. The van der Waals surface area contributed by atoms with E-state index in [0.29, 0.717) is 17.1 Å². The summed E-state index contributed by atoms with van der Waals surface area (Å²) in [7, 11) is 0. The number of rotatable bonds is 6. The average molecular weight is 294 g/mol. The largest absolute Gasteiger partial charge is 0.467 e. The molecule has 2 unspecified atom stereocenters. The molecule has 1 amide bonds. The summed E-state index contributed by atoms with van der Waals surface area (Å²) in [5.74, 6) is 0.360. The van der Waals surface area contributed by atoms with Gasteiger partial charge in [-0.2, -0.15) is 0 Å². The molecule has 2 N–H and O–H groups in total. The van der Waals surface area contributed by atoms with Crippen LogP contribution in [-0.2, 0) is 6.42 Å². The van der Waals surface area contributed by atoms with Crippen LogP contribution >= 0.6 is 11.3 Å². The Balaban J connectivity index is 1.87. The van der Waals surface area contributed by atoms with Crippen LogP contribution in [0.15, 0.2) is 29.0 Å². The lowest BCUT2D eigenvalue weighted by Gasteiger charge is -2.16. The average Bonchev–Trinajstić information content (AvgIpc) is 3.09. The molecule has 0 aliphatic heterocycles. The van der Waals surface area contributed by atoms with E-state index in [2.05, 4.69) is 10.3 Å². The number of nitrogens with one attached hydrogen (secondary N) is 1. The van der Waals surface area contributed by atoms with Crippen molar-refractivity contribution in [1.82, 2.24) is 10.3 Å². The first-order chi connectivity index (χ1) is 9.60. The molecule has 0 aliphatic rings. The van der Waals surface area contributed by atoms with E-state index < -0.39 is 6.10 Å². The van der Waals surface area contributed by atoms with Crippen molar-refractivity contribution >= 4 is 17.2 Å². The Morgan fingerprint density at radius 1 is 1.60 bits per heavy atom. The van der Waals surface area contributed by atoms with Gasteiger partial charge in [-0.15, -0.1) is 11.3 Å². The van der Waals surface area contributed by atoms with E-state index in [1.165, 1.54) is 17.6 Å². The smallest absolute Gasteiger partial charge is 0.263 e. The lowest BCUT2D eigenvalue weighted by atomic mass is 10.1. The molecule has 108 valence electrons. The Morgan fingerprint density at radius 2 is 2.40 bits per heavy atom. The molecule has 0 saturated heterocycles. The van der Waals surface area contributed by atoms with Gasteiger partial charge < -0.3 is 14.8 Å². The van der Waals surface area contributed by atoms with Gasteiger partial charge in [-0.1, -0.05) is 6.92 Å². The second-order valence-electron chi connectivity index (χ2n) is 4.61. The van der Waals surface area contributed by atoms with Crippen LogP contribution < -0.4 is 5.32 Å². The first kappa shape index (κ1) is 14.7. The summed E-state index contributed by atoms with van der Waals surface area (Å²) in [6.45, 7) is 3.86. The van der Waals surface area contributed by atoms with Crippen molar-refractivity contribution in [2.75, 3.05) is 0 Å². The van der Waals surface area contributed by atoms with Crippen molar-refractivity contribution in [3.63, 3.8) is 0 Å². The van der Waals surface area contributed by atoms with Crippen molar-refractivity contribution in [2.24, 2.45) is 0 Å². The third kappa shape index (κ3) is 3.68. The van der Waals surface area contributed by atoms with Gasteiger partial charge in [0.05, 0.1) is 17.5 Å². The van der Waals surface area contributed by atoms with Crippen molar-refractivity contribution in [3.8, 4) is 0 Å². The standard InChI is InChI=1S/C14H18N2O3S/c1-3-13-15-8-12(20-13)14(18)16-9(2)7-10(17)11-5-4-6-19-11/h4-6,8-10,17H,3,7H2,1-2H3,(H,16,18). The molecule has 0 fully saturated rings. The number of aryl methyl sites for hydroxylation is 1.